The molecule has 40 heavy (non-hydrogen) atoms. The van der Waals surface area contributed by atoms with E-state index in [4.69, 9.17) is 9.25 Å². The number of benzene rings is 2. The van der Waals surface area contributed by atoms with Crippen LogP contribution < -0.4 is 10.5 Å². The van der Waals surface area contributed by atoms with Gasteiger partial charge in [0, 0.05) is 43.1 Å². The first-order chi connectivity index (χ1) is 19.4. The highest BCUT2D eigenvalue weighted by molar-refractivity contribution is 6.02. The molecular formula is C32H36N2O6. The van der Waals surface area contributed by atoms with Crippen molar-refractivity contribution in [2.24, 2.45) is 0 Å². The van der Waals surface area contributed by atoms with Crippen molar-refractivity contribution in [1.29, 1.82) is 0 Å². The van der Waals surface area contributed by atoms with Crippen LogP contribution in [0.3, 0.4) is 0 Å². The van der Waals surface area contributed by atoms with Crippen molar-refractivity contribution >= 4 is 46.6 Å². The molecule has 210 valence electrons. The van der Waals surface area contributed by atoms with Crippen LogP contribution in [0.15, 0.2) is 51.7 Å². The SMILES string of the molecule is CCCCN(CCCC)c1ccc2c(CC)c(/C=C/c3ccc(C(=O)ON4C(=O)CCC4=O)cc3)c(=O)oc2c1. The van der Waals surface area contributed by atoms with Crippen LogP contribution >= 0.6 is 0 Å². The van der Waals surface area contributed by atoms with Gasteiger partial charge in [-0.05, 0) is 60.7 Å². The first-order valence-electron chi connectivity index (χ1n) is 14.1. The average molecular weight is 545 g/mol. The Morgan fingerprint density at radius 2 is 1.57 bits per heavy atom. The van der Waals surface area contributed by atoms with Crippen molar-refractivity contribution in [3.05, 3.63) is 75.1 Å². The van der Waals surface area contributed by atoms with Gasteiger partial charge in [0.15, 0.2) is 0 Å². The number of carbonyl (C=O) groups excluding carboxylic acids is 3. The number of hydroxylamine groups is 2. The minimum absolute atomic E-state index is 0.0376. The Morgan fingerprint density at radius 3 is 2.17 bits per heavy atom. The summed E-state index contributed by atoms with van der Waals surface area (Å²) in [6.45, 7) is 8.33. The molecule has 2 amide bonds. The standard InChI is InChI=1S/C32H36N2O6/c1-4-7-19-33(20-8-5-2)24-14-16-26-25(6-3)27(32(38)39-28(26)21-24)15-11-22-9-12-23(13-10-22)31(37)40-34-29(35)17-18-30(34)36/h9-16,21H,4-8,17-20H2,1-3H3/b15-11+. The first-order valence-corrected chi connectivity index (χ1v) is 14.1. The van der Waals surface area contributed by atoms with E-state index in [-0.39, 0.29) is 18.4 Å². The summed E-state index contributed by atoms with van der Waals surface area (Å²) in [5.74, 6) is -1.84. The van der Waals surface area contributed by atoms with Crippen LogP contribution in [0, 0.1) is 0 Å². The summed E-state index contributed by atoms with van der Waals surface area (Å²) in [6.07, 6.45) is 8.71. The topological polar surface area (TPSA) is 97.1 Å². The molecule has 0 aliphatic carbocycles. The number of fused-ring (bicyclic) bond motifs is 1. The molecule has 0 atom stereocenters. The van der Waals surface area contributed by atoms with Crippen LogP contribution in [0.1, 0.15) is 86.3 Å². The van der Waals surface area contributed by atoms with Gasteiger partial charge in [0.1, 0.15) is 5.58 Å². The predicted octanol–water partition coefficient (Wildman–Crippen LogP) is 6.15. The fourth-order valence-corrected chi connectivity index (χ4v) is 4.79. The van der Waals surface area contributed by atoms with Crippen LogP contribution in [0.2, 0.25) is 0 Å². The smallest absolute Gasteiger partial charge is 0.363 e. The van der Waals surface area contributed by atoms with Gasteiger partial charge in [0.05, 0.1) is 11.1 Å². The van der Waals surface area contributed by atoms with E-state index in [1.165, 1.54) is 0 Å². The molecule has 1 fully saturated rings. The van der Waals surface area contributed by atoms with Gasteiger partial charge in [-0.25, -0.2) is 9.59 Å². The van der Waals surface area contributed by atoms with Gasteiger partial charge in [0.25, 0.3) is 11.8 Å². The Labute approximate surface area is 234 Å². The summed E-state index contributed by atoms with van der Waals surface area (Å²) >= 11 is 0. The molecular weight excluding hydrogens is 508 g/mol. The van der Waals surface area contributed by atoms with Crippen LogP contribution in [0.25, 0.3) is 23.1 Å². The number of anilines is 1. The molecule has 3 aromatic rings. The van der Waals surface area contributed by atoms with Crippen molar-refractivity contribution < 1.29 is 23.6 Å². The molecule has 1 saturated heterocycles. The minimum Gasteiger partial charge on any atom is -0.422 e. The normalized spacial score (nSPS) is 13.5. The highest BCUT2D eigenvalue weighted by Gasteiger charge is 2.33. The molecule has 0 bridgehead atoms. The van der Waals surface area contributed by atoms with Gasteiger partial charge in [-0.2, -0.15) is 0 Å². The summed E-state index contributed by atoms with van der Waals surface area (Å²) in [7, 11) is 0. The van der Waals surface area contributed by atoms with Crippen LogP contribution in [0.5, 0.6) is 0 Å². The molecule has 2 aromatic carbocycles. The molecule has 0 unspecified atom stereocenters. The number of amides is 2. The number of hydrogen-bond donors (Lipinski definition) is 0. The van der Waals surface area contributed by atoms with Gasteiger partial charge in [-0.1, -0.05) is 51.8 Å². The predicted molar refractivity (Wildman–Crippen MR) is 156 cm³/mol. The third-order valence-electron chi connectivity index (χ3n) is 7.09. The number of nitrogens with zero attached hydrogens (tertiary/aromatic N) is 2. The summed E-state index contributed by atoms with van der Waals surface area (Å²) < 4.78 is 5.80. The lowest BCUT2D eigenvalue weighted by Crippen LogP contribution is -2.32. The highest BCUT2D eigenvalue weighted by Crippen LogP contribution is 2.27. The second-order valence-corrected chi connectivity index (χ2v) is 9.93. The lowest BCUT2D eigenvalue weighted by molar-refractivity contribution is -0.172. The molecule has 1 aliphatic rings. The fourth-order valence-electron chi connectivity index (χ4n) is 4.79. The van der Waals surface area contributed by atoms with E-state index in [2.05, 4.69) is 24.8 Å². The van der Waals surface area contributed by atoms with Gasteiger partial charge >= 0.3 is 11.6 Å². The monoisotopic (exact) mass is 544 g/mol. The maximum atomic E-state index is 13.1. The van der Waals surface area contributed by atoms with Crippen molar-refractivity contribution in [2.75, 3.05) is 18.0 Å². The maximum absolute atomic E-state index is 13.1. The van der Waals surface area contributed by atoms with E-state index in [1.54, 1.807) is 36.4 Å². The second kappa shape index (κ2) is 13.2. The van der Waals surface area contributed by atoms with Gasteiger partial charge in [-0.15, -0.1) is 5.06 Å². The lowest BCUT2D eigenvalue weighted by atomic mass is 10.0. The maximum Gasteiger partial charge on any atom is 0.363 e. The highest BCUT2D eigenvalue weighted by atomic mass is 16.7. The summed E-state index contributed by atoms with van der Waals surface area (Å²) in [4.78, 5) is 56.1. The van der Waals surface area contributed by atoms with E-state index < -0.39 is 23.4 Å². The molecule has 8 heteroatoms. The molecule has 1 aliphatic heterocycles. The molecule has 0 spiro atoms. The molecule has 0 radical (unpaired) electrons. The van der Waals surface area contributed by atoms with Gasteiger partial charge in [0.2, 0.25) is 0 Å². The van der Waals surface area contributed by atoms with E-state index in [1.807, 2.05) is 19.1 Å². The van der Waals surface area contributed by atoms with E-state index in [9.17, 15) is 19.2 Å². The van der Waals surface area contributed by atoms with Crippen LogP contribution in [0.4, 0.5) is 5.69 Å². The zero-order valence-corrected chi connectivity index (χ0v) is 23.4. The zero-order chi connectivity index (χ0) is 28.6. The van der Waals surface area contributed by atoms with Crippen molar-refractivity contribution in [1.82, 2.24) is 5.06 Å². The number of imide groups is 1. The summed E-state index contributed by atoms with van der Waals surface area (Å²) in [5.41, 5.74) is 3.63. The van der Waals surface area contributed by atoms with Crippen molar-refractivity contribution in [3.8, 4) is 0 Å². The molecule has 8 nitrogen and oxygen atoms in total. The Balaban J connectivity index is 1.55. The average Bonchev–Trinajstić information content (AvgIpc) is 3.28. The van der Waals surface area contributed by atoms with Crippen molar-refractivity contribution in [3.63, 3.8) is 0 Å². The van der Waals surface area contributed by atoms with Crippen LogP contribution in [-0.2, 0) is 20.8 Å². The number of aryl methyl sites for hydroxylation is 1. The largest absolute Gasteiger partial charge is 0.422 e. The number of hydrogen-bond acceptors (Lipinski definition) is 7. The van der Waals surface area contributed by atoms with Gasteiger partial charge in [-0.3, -0.25) is 9.59 Å². The third kappa shape index (κ3) is 6.50. The van der Waals surface area contributed by atoms with Crippen LogP contribution in [-0.4, -0.2) is 35.9 Å². The number of unbranched alkanes of at least 4 members (excludes halogenated alkanes) is 2. The molecule has 4 rings (SSSR count). The number of carbonyl (C=O) groups is 3. The van der Waals surface area contributed by atoms with E-state index in [0.717, 1.165) is 61.0 Å². The number of rotatable bonds is 12. The van der Waals surface area contributed by atoms with Gasteiger partial charge < -0.3 is 14.2 Å². The van der Waals surface area contributed by atoms with Crippen molar-refractivity contribution in [2.45, 2.75) is 65.7 Å². The molecule has 2 heterocycles. The minimum atomic E-state index is -0.787. The quantitative estimate of drug-likeness (QED) is 0.199. The third-order valence-corrected chi connectivity index (χ3v) is 7.09. The second-order valence-electron chi connectivity index (χ2n) is 9.93. The Hall–Kier alpha value is -4.20. The Kier molecular flexibility index (Phi) is 9.53. The Morgan fingerprint density at radius 1 is 0.925 bits per heavy atom. The van der Waals surface area contributed by atoms with E-state index >= 15 is 0 Å². The fraction of sp³-hybridized carbons (Fsp3) is 0.375. The summed E-state index contributed by atoms with van der Waals surface area (Å²) in [6, 6.07) is 12.6. The Bertz CT molecular complexity index is 1450. The first kappa shape index (κ1) is 28.8. The zero-order valence-electron chi connectivity index (χ0n) is 23.4. The molecule has 0 N–H and O–H groups in total. The lowest BCUT2D eigenvalue weighted by Gasteiger charge is -2.25. The molecule has 1 aromatic heterocycles. The summed E-state index contributed by atoms with van der Waals surface area (Å²) in [5, 5.41) is 1.44. The molecule has 0 saturated carbocycles. The van der Waals surface area contributed by atoms with E-state index in [0.29, 0.717) is 22.6 Å².